The number of benzene rings is 1. The summed E-state index contributed by atoms with van der Waals surface area (Å²) in [5, 5.41) is 13.6. The van der Waals surface area contributed by atoms with E-state index in [1.165, 1.54) is 12.1 Å². The third kappa shape index (κ3) is 4.03. The van der Waals surface area contributed by atoms with Crippen molar-refractivity contribution in [3.8, 4) is 0 Å². The Morgan fingerprint density at radius 2 is 1.67 bits per heavy atom. The van der Waals surface area contributed by atoms with Crippen LogP contribution in [0.25, 0.3) is 0 Å². The first kappa shape index (κ1) is 15.0. The van der Waals surface area contributed by atoms with Crippen LogP contribution in [0.2, 0.25) is 15.1 Å². The molecule has 2 amide bonds. The van der Waals surface area contributed by atoms with Gasteiger partial charge in [-0.1, -0.05) is 34.8 Å². The van der Waals surface area contributed by atoms with Crippen molar-refractivity contribution in [1.82, 2.24) is 5.32 Å². The fourth-order valence-corrected chi connectivity index (χ4v) is 1.64. The maximum Gasteiger partial charge on any atom is 0.313 e. The Hall–Kier alpha value is -1.01. The van der Waals surface area contributed by atoms with Crippen LogP contribution < -0.4 is 10.6 Å². The average molecular weight is 312 g/mol. The molecule has 0 radical (unpaired) electrons. The Morgan fingerprint density at radius 3 is 2.28 bits per heavy atom. The van der Waals surface area contributed by atoms with Crippen molar-refractivity contribution in [2.24, 2.45) is 0 Å². The standard InChI is InChI=1S/C10H9Cl3N2O3/c11-5-3-7(13)8(4-6(5)12)15-10(18)9(17)14-1-2-16/h3-4,16H,1-2H2,(H,14,17)(H,15,18). The van der Waals surface area contributed by atoms with Crippen LogP contribution in [0.15, 0.2) is 12.1 Å². The number of anilines is 1. The summed E-state index contributed by atoms with van der Waals surface area (Å²) in [4.78, 5) is 22.7. The summed E-state index contributed by atoms with van der Waals surface area (Å²) in [5.74, 6) is -1.80. The number of halogens is 3. The van der Waals surface area contributed by atoms with Gasteiger partial charge in [-0.05, 0) is 12.1 Å². The molecule has 0 saturated heterocycles. The molecule has 0 heterocycles. The van der Waals surface area contributed by atoms with E-state index in [4.69, 9.17) is 39.9 Å². The van der Waals surface area contributed by atoms with Crippen molar-refractivity contribution in [3.63, 3.8) is 0 Å². The second kappa shape index (κ2) is 6.80. The van der Waals surface area contributed by atoms with Crippen LogP contribution >= 0.6 is 34.8 Å². The van der Waals surface area contributed by atoms with Crippen molar-refractivity contribution in [2.75, 3.05) is 18.5 Å². The molecule has 1 aromatic rings. The third-order valence-corrected chi connectivity index (χ3v) is 2.90. The van der Waals surface area contributed by atoms with Gasteiger partial charge in [0.05, 0.1) is 27.4 Å². The van der Waals surface area contributed by atoms with Crippen molar-refractivity contribution in [2.45, 2.75) is 0 Å². The molecule has 0 saturated carbocycles. The van der Waals surface area contributed by atoms with Gasteiger partial charge in [-0.2, -0.15) is 0 Å². The summed E-state index contributed by atoms with van der Waals surface area (Å²) in [6.45, 7) is -0.270. The van der Waals surface area contributed by atoms with E-state index >= 15 is 0 Å². The van der Waals surface area contributed by atoms with Crippen LogP contribution in [-0.4, -0.2) is 30.1 Å². The van der Waals surface area contributed by atoms with Crippen molar-refractivity contribution in [1.29, 1.82) is 0 Å². The summed E-state index contributed by atoms with van der Waals surface area (Å²) >= 11 is 17.3. The quantitative estimate of drug-likeness (QED) is 0.587. The lowest BCUT2D eigenvalue weighted by Crippen LogP contribution is -2.36. The molecule has 0 aromatic heterocycles. The highest BCUT2D eigenvalue weighted by Gasteiger charge is 2.15. The van der Waals surface area contributed by atoms with E-state index in [2.05, 4.69) is 10.6 Å². The monoisotopic (exact) mass is 310 g/mol. The highest BCUT2D eigenvalue weighted by atomic mass is 35.5. The average Bonchev–Trinajstić information content (AvgIpc) is 2.32. The molecule has 0 aliphatic heterocycles. The lowest BCUT2D eigenvalue weighted by molar-refractivity contribution is -0.136. The van der Waals surface area contributed by atoms with E-state index in [0.29, 0.717) is 0 Å². The minimum atomic E-state index is -0.913. The summed E-state index contributed by atoms with van der Waals surface area (Å²) in [7, 11) is 0. The molecule has 98 valence electrons. The van der Waals surface area contributed by atoms with Gasteiger partial charge in [0, 0.05) is 6.54 Å². The van der Waals surface area contributed by atoms with Gasteiger partial charge >= 0.3 is 11.8 Å². The van der Waals surface area contributed by atoms with Gasteiger partial charge in [0.25, 0.3) is 0 Å². The molecule has 0 aliphatic carbocycles. The molecule has 18 heavy (non-hydrogen) atoms. The van der Waals surface area contributed by atoms with E-state index in [1.54, 1.807) is 0 Å². The molecule has 0 aliphatic rings. The van der Waals surface area contributed by atoms with E-state index in [9.17, 15) is 9.59 Å². The Bertz CT molecular complexity index is 480. The van der Waals surface area contributed by atoms with E-state index in [0.717, 1.165) is 0 Å². The van der Waals surface area contributed by atoms with Gasteiger partial charge in [0.1, 0.15) is 0 Å². The molecular weight excluding hydrogens is 302 g/mol. The first-order valence-electron chi connectivity index (χ1n) is 4.80. The molecule has 8 heteroatoms. The number of aliphatic hydroxyl groups excluding tert-OH is 1. The number of hydrogen-bond donors (Lipinski definition) is 3. The van der Waals surface area contributed by atoms with Crippen molar-refractivity contribution < 1.29 is 14.7 Å². The van der Waals surface area contributed by atoms with Crippen molar-refractivity contribution in [3.05, 3.63) is 27.2 Å². The minimum Gasteiger partial charge on any atom is -0.395 e. The number of rotatable bonds is 3. The maximum atomic E-state index is 11.4. The van der Waals surface area contributed by atoms with Crippen molar-refractivity contribution >= 4 is 52.3 Å². The maximum absolute atomic E-state index is 11.4. The topological polar surface area (TPSA) is 78.4 Å². The van der Waals surface area contributed by atoms with Gasteiger partial charge in [-0.3, -0.25) is 9.59 Å². The lowest BCUT2D eigenvalue weighted by atomic mass is 10.3. The number of carbonyl (C=O) groups is 2. The van der Waals surface area contributed by atoms with Crippen LogP contribution in [0.3, 0.4) is 0 Å². The summed E-state index contributed by atoms with van der Waals surface area (Å²) < 4.78 is 0. The van der Waals surface area contributed by atoms with Crippen LogP contribution in [0.4, 0.5) is 5.69 Å². The Balaban J connectivity index is 2.76. The van der Waals surface area contributed by atoms with Gasteiger partial charge in [0.2, 0.25) is 0 Å². The molecule has 1 rings (SSSR count). The molecular formula is C10H9Cl3N2O3. The van der Waals surface area contributed by atoms with E-state index < -0.39 is 11.8 Å². The van der Waals surface area contributed by atoms with E-state index in [1.807, 2.05) is 0 Å². The van der Waals surface area contributed by atoms with Gasteiger partial charge in [-0.25, -0.2) is 0 Å². The molecule has 1 aromatic carbocycles. The third-order valence-electron chi connectivity index (χ3n) is 1.86. The molecule has 0 atom stereocenters. The minimum absolute atomic E-state index is 0.0125. The number of aliphatic hydroxyl groups is 1. The second-order valence-corrected chi connectivity index (χ2v) is 4.40. The Labute approximate surface area is 118 Å². The fourth-order valence-electron chi connectivity index (χ4n) is 1.05. The molecule has 5 nitrogen and oxygen atoms in total. The second-order valence-electron chi connectivity index (χ2n) is 3.18. The zero-order chi connectivity index (χ0) is 13.7. The highest BCUT2D eigenvalue weighted by Crippen LogP contribution is 2.32. The SMILES string of the molecule is O=C(NCCO)C(=O)Nc1cc(Cl)c(Cl)cc1Cl. The predicted octanol–water partition coefficient (Wildman–Crippen LogP) is 1.69. The summed E-state index contributed by atoms with van der Waals surface area (Å²) in [6.07, 6.45) is 0. The number of amides is 2. The van der Waals surface area contributed by atoms with Crippen LogP contribution in [0.1, 0.15) is 0 Å². The molecule has 0 bridgehead atoms. The summed E-state index contributed by atoms with van der Waals surface area (Å²) in [6, 6.07) is 2.69. The molecule has 0 spiro atoms. The van der Waals surface area contributed by atoms with Crippen LogP contribution in [-0.2, 0) is 9.59 Å². The van der Waals surface area contributed by atoms with Crippen LogP contribution in [0, 0.1) is 0 Å². The van der Waals surface area contributed by atoms with Gasteiger partial charge in [-0.15, -0.1) is 0 Å². The van der Waals surface area contributed by atoms with Gasteiger partial charge in [0.15, 0.2) is 0 Å². The summed E-state index contributed by atoms with van der Waals surface area (Å²) in [5.41, 5.74) is 0.176. The molecule has 3 N–H and O–H groups in total. The zero-order valence-corrected chi connectivity index (χ0v) is 11.2. The highest BCUT2D eigenvalue weighted by molar-refractivity contribution is 6.45. The first-order chi connectivity index (χ1) is 8.45. The zero-order valence-electron chi connectivity index (χ0n) is 8.97. The molecule has 0 unspecified atom stereocenters. The Kier molecular flexibility index (Phi) is 5.68. The fraction of sp³-hybridized carbons (Fsp3) is 0.200. The number of nitrogens with one attached hydrogen (secondary N) is 2. The number of hydrogen-bond acceptors (Lipinski definition) is 3. The smallest absolute Gasteiger partial charge is 0.313 e. The van der Waals surface area contributed by atoms with E-state index in [-0.39, 0.29) is 33.9 Å². The number of carbonyl (C=O) groups excluding carboxylic acids is 2. The Morgan fingerprint density at radius 1 is 1.06 bits per heavy atom. The first-order valence-corrected chi connectivity index (χ1v) is 5.93. The largest absolute Gasteiger partial charge is 0.395 e. The van der Waals surface area contributed by atoms with Crippen LogP contribution in [0.5, 0.6) is 0 Å². The predicted molar refractivity (Wildman–Crippen MR) is 70.2 cm³/mol. The molecule has 0 fully saturated rings. The van der Waals surface area contributed by atoms with Gasteiger partial charge < -0.3 is 15.7 Å². The normalized spacial score (nSPS) is 10.0. The lowest BCUT2D eigenvalue weighted by Gasteiger charge is -2.08.